The molecule has 37 heavy (non-hydrogen) atoms. The zero-order valence-corrected chi connectivity index (χ0v) is 19.8. The van der Waals surface area contributed by atoms with Gasteiger partial charge in [0.05, 0.1) is 11.1 Å². The molecule has 0 radical (unpaired) electrons. The quantitative estimate of drug-likeness (QED) is 0.108. The van der Waals surface area contributed by atoms with Gasteiger partial charge in [0, 0.05) is 12.0 Å². The summed E-state index contributed by atoms with van der Waals surface area (Å²) < 4.78 is 151. The van der Waals surface area contributed by atoms with E-state index < -0.39 is 93.1 Å². The molecule has 0 aliphatic rings. The molecule has 0 saturated carbocycles. The highest BCUT2D eigenvalue weighted by molar-refractivity contribution is 6.67. The monoisotopic (exact) mass is 568 g/mol. The SMILES string of the molecule is O=C(Cl)c1c(F)c(F)c(-c2c(F)c(F)c(CCCCCCCCCCC(F)(F)F)c(F)c2F)c(F)c1F. The maximum absolute atomic E-state index is 14.6. The van der Waals surface area contributed by atoms with E-state index in [-0.39, 0.29) is 12.8 Å². The molecule has 1 nitrogen and oxygen atoms in total. The van der Waals surface area contributed by atoms with E-state index in [4.69, 9.17) is 11.6 Å². The fraction of sp³-hybridized carbons (Fsp3) is 0.458. The number of unbranched alkanes of at least 4 members (excludes halogenated alkanes) is 7. The van der Waals surface area contributed by atoms with Gasteiger partial charge in [-0.3, -0.25) is 4.79 Å². The lowest BCUT2D eigenvalue weighted by molar-refractivity contribution is -0.135. The lowest BCUT2D eigenvalue weighted by Crippen LogP contribution is -2.12. The van der Waals surface area contributed by atoms with E-state index in [0.717, 1.165) is 0 Å². The van der Waals surface area contributed by atoms with Crippen molar-refractivity contribution in [2.45, 2.75) is 70.4 Å². The first-order valence-corrected chi connectivity index (χ1v) is 11.6. The van der Waals surface area contributed by atoms with Crippen LogP contribution in [0.2, 0.25) is 0 Å². The average Bonchev–Trinajstić information content (AvgIpc) is 2.81. The van der Waals surface area contributed by atoms with Crippen LogP contribution in [0.15, 0.2) is 0 Å². The highest BCUT2D eigenvalue weighted by Gasteiger charge is 2.35. The molecule has 0 spiro atoms. The molecule has 0 amide bonds. The van der Waals surface area contributed by atoms with Gasteiger partial charge in [-0.1, -0.05) is 38.5 Å². The summed E-state index contributed by atoms with van der Waals surface area (Å²) in [6.45, 7) is 0. The number of carbonyl (C=O) groups excluding carboxylic acids is 1. The number of hydrogen-bond acceptors (Lipinski definition) is 1. The van der Waals surface area contributed by atoms with Crippen molar-refractivity contribution in [1.29, 1.82) is 0 Å². The molecular weight excluding hydrogens is 549 g/mol. The van der Waals surface area contributed by atoms with Gasteiger partial charge in [0.25, 0.3) is 5.24 Å². The molecule has 2 aromatic carbocycles. The van der Waals surface area contributed by atoms with Gasteiger partial charge in [-0.2, -0.15) is 13.2 Å². The van der Waals surface area contributed by atoms with Crippen molar-refractivity contribution in [2.24, 2.45) is 0 Å². The number of alkyl halides is 3. The van der Waals surface area contributed by atoms with Gasteiger partial charge < -0.3 is 0 Å². The Morgan fingerprint density at radius 3 is 1.27 bits per heavy atom. The Morgan fingerprint density at radius 2 is 0.892 bits per heavy atom. The van der Waals surface area contributed by atoms with Gasteiger partial charge in [0.1, 0.15) is 5.56 Å². The van der Waals surface area contributed by atoms with Crippen LogP contribution in [-0.2, 0) is 6.42 Å². The van der Waals surface area contributed by atoms with E-state index in [1.165, 1.54) is 0 Å². The molecule has 13 heteroatoms. The molecule has 0 aliphatic carbocycles. The van der Waals surface area contributed by atoms with Crippen molar-refractivity contribution in [1.82, 2.24) is 0 Å². The van der Waals surface area contributed by atoms with Crippen molar-refractivity contribution in [2.75, 3.05) is 0 Å². The number of halogens is 12. The highest BCUT2D eigenvalue weighted by atomic mass is 35.5. The summed E-state index contributed by atoms with van der Waals surface area (Å²) in [5, 5.41) is -1.96. The topological polar surface area (TPSA) is 17.1 Å². The van der Waals surface area contributed by atoms with Gasteiger partial charge in [-0.05, 0) is 30.9 Å². The lowest BCUT2D eigenvalue weighted by atomic mass is 9.96. The molecule has 0 atom stereocenters. The third-order valence-corrected chi connectivity index (χ3v) is 5.89. The van der Waals surface area contributed by atoms with Crippen LogP contribution in [0.4, 0.5) is 48.3 Å². The van der Waals surface area contributed by atoms with Crippen molar-refractivity contribution in [3.05, 3.63) is 57.7 Å². The molecule has 0 aromatic heterocycles. The molecule has 0 N–H and O–H groups in total. The molecule has 0 unspecified atom stereocenters. The molecule has 0 heterocycles. The summed E-state index contributed by atoms with van der Waals surface area (Å²) in [6.07, 6.45) is -2.49. The van der Waals surface area contributed by atoms with Crippen LogP contribution in [0.1, 0.15) is 73.7 Å². The molecule has 0 fully saturated rings. The van der Waals surface area contributed by atoms with Gasteiger partial charge in [-0.15, -0.1) is 0 Å². The molecular formula is C24H20ClF11O. The van der Waals surface area contributed by atoms with Crippen molar-refractivity contribution < 1.29 is 53.1 Å². The first-order chi connectivity index (χ1) is 17.2. The number of benzene rings is 2. The Morgan fingerprint density at radius 1 is 0.541 bits per heavy atom. The van der Waals surface area contributed by atoms with Crippen molar-refractivity contribution in [3.63, 3.8) is 0 Å². The van der Waals surface area contributed by atoms with Crippen LogP contribution >= 0.6 is 11.6 Å². The van der Waals surface area contributed by atoms with Gasteiger partial charge in [-0.25, -0.2) is 35.1 Å². The first-order valence-electron chi connectivity index (χ1n) is 11.2. The Kier molecular flexibility index (Phi) is 10.8. The first kappa shape index (κ1) is 30.9. The van der Waals surface area contributed by atoms with Crippen LogP contribution in [0.3, 0.4) is 0 Å². The summed E-state index contributed by atoms with van der Waals surface area (Å²) in [6, 6.07) is 0. The van der Waals surface area contributed by atoms with E-state index in [1.54, 1.807) is 0 Å². The second-order valence-corrected chi connectivity index (χ2v) is 8.68. The largest absolute Gasteiger partial charge is 0.389 e. The summed E-state index contributed by atoms with van der Waals surface area (Å²) >= 11 is 4.86. The van der Waals surface area contributed by atoms with E-state index in [9.17, 15) is 53.1 Å². The maximum atomic E-state index is 14.6. The Labute approximate surface area is 209 Å². The number of rotatable bonds is 12. The average molecular weight is 569 g/mol. The fourth-order valence-corrected chi connectivity index (χ4v) is 3.99. The smallest absolute Gasteiger partial charge is 0.275 e. The lowest BCUT2D eigenvalue weighted by Gasteiger charge is -2.15. The van der Waals surface area contributed by atoms with Crippen LogP contribution in [0.25, 0.3) is 11.1 Å². The zero-order chi connectivity index (χ0) is 28.1. The predicted octanol–water partition coefficient (Wildman–Crippen LogP) is 9.46. The fourth-order valence-electron chi connectivity index (χ4n) is 3.83. The van der Waals surface area contributed by atoms with E-state index >= 15 is 0 Å². The highest BCUT2D eigenvalue weighted by Crippen LogP contribution is 2.38. The van der Waals surface area contributed by atoms with E-state index in [1.807, 2.05) is 0 Å². The van der Waals surface area contributed by atoms with Crippen molar-refractivity contribution in [3.8, 4) is 11.1 Å². The summed E-state index contributed by atoms with van der Waals surface area (Å²) in [5.41, 5.74) is -7.10. The molecule has 0 saturated heterocycles. The predicted molar refractivity (Wildman–Crippen MR) is 113 cm³/mol. The van der Waals surface area contributed by atoms with E-state index in [2.05, 4.69) is 0 Å². The van der Waals surface area contributed by atoms with Gasteiger partial charge >= 0.3 is 6.18 Å². The molecule has 0 bridgehead atoms. The third kappa shape index (κ3) is 7.36. The summed E-state index contributed by atoms with van der Waals surface area (Å²) in [7, 11) is 0. The van der Waals surface area contributed by atoms with E-state index in [0.29, 0.717) is 38.5 Å². The third-order valence-electron chi connectivity index (χ3n) is 5.70. The molecule has 0 aliphatic heterocycles. The minimum atomic E-state index is -4.20. The van der Waals surface area contributed by atoms with Crippen LogP contribution in [-0.4, -0.2) is 11.4 Å². The summed E-state index contributed by atoms with van der Waals surface area (Å²) in [5.74, 6) is -18.4. The second kappa shape index (κ2) is 12.9. The Balaban J connectivity index is 2.11. The summed E-state index contributed by atoms with van der Waals surface area (Å²) in [4.78, 5) is 11.0. The van der Waals surface area contributed by atoms with Crippen LogP contribution < -0.4 is 0 Å². The van der Waals surface area contributed by atoms with Gasteiger partial charge in [0.2, 0.25) is 0 Å². The van der Waals surface area contributed by atoms with Crippen molar-refractivity contribution >= 4 is 16.8 Å². The Hall–Kier alpha value is -2.37. The van der Waals surface area contributed by atoms with Crippen LogP contribution in [0, 0.1) is 46.5 Å². The van der Waals surface area contributed by atoms with Crippen LogP contribution in [0.5, 0.6) is 0 Å². The normalized spacial score (nSPS) is 11.9. The number of carbonyl (C=O) groups is 1. The van der Waals surface area contributed by atoms with Gasteiger partial charge in [0.15, 0.2) is 46.5 Å². The Bertz CT molecular complexity index is 1090. The second-order valence-electron chi connectivity index (χ2n) is 8.33. The standard InChI is InChI=1S/C24H20ClF11O/c25-23(37)14-21(32)19(30)13(20(31)22(14)33)12-17(28)15(26)11(16(27)18(12)29)9-7-5-3-1-2-4-6-8-10-24(34,35)36/h1-10H2. The maximum Gasteiger partial charge on any atom is 0.389 e. The molecule has 206 valence electrons. The molecule has 2 rings (SSSR count). The minimum Gasteiger partial charge on any atom is -0.275 e. The number of hydrogen-bond donors (Lipinski definition) is 0. The zero-order valence-electron chi connectivity index (χ0n) is 19.0. The minimum absolute atomic E-state index is 0.0111. The molecule has 2 aromatic rings.